The highest BCUT2D eigenvalue weighted by Gasteiger charge is 2.06. The van der Waals surface area contributed by atoms with Gasteiger partial charge in [-0.2, -0.15) is 0 Å². The van der Waals surface area contributed by atoms with Crippen LogP contribution >= 0.6 is 0 Å². The summed E-state index contributed by atoms with van der Waals surface area (Å²) in [4.78, 5) is 17.9. The number of rotatable bonds is 2. The van der Waals surface area contributed by atoms with Gasteiger partial charge in [-0.25, -0.2) is 4.98 Å². The fourth-order valence-electron chi connectivity index (χ4n) is 1.90. The van der Waals surface area contributed by atoms with Gasteiger partial charge in [-0.3, -0.25) is 0 Å². The van der Waals surface area contributed by atoms with Crippen molar-refractivity contribution in [3.63, 3.8) is 0 Å². The van der Waals surface area contributed by atoms with Crippen molar-refractivity contribution in [3.8, 4) is 11.1 Å². The van der Waals surface area contributed by atoms with Crippen molar-refractivity contribution in [2.24, 2.45) is 5.18 Å². The third-order valence-corrected chi connectivity index (χ3v) is 2.73. The predicted molar refractivity (Wildman–Crippen MR) is 67.0 cm³/mol. The van der Waals surface area contributed by atoms with E-state index < -0.39 is 0 Å². The highest BCUT2D eigenvalue weighted by Crippen LogP contribution is 2.31. The van der Waals surface area contributed by atoms with Gasteiger partial charge < -0.3 is 4.98 Å². The summed E-state index contributed by atoms with van der Waals surface area (Å²) < 4.78 is 0. The second kappa shape index (κ2) is 3.83. The first-order valence-corrected chi connectivity index (χ1v) is 5.24. The zero-order chi connectivity index (χ0) is 11.7. The summed E-state index contributed by atoms with van der Waals surface area (Å²) in [5.41, 5.74) is 4.09. The van der Waals surface area contributed by atoms with Crippen molar-refractivity contribution in [2.45, 2.75) is 0 Å². The van der Waals surface area contributed by atoms with Crippen molar-refractivity contribution >= 4 is 16.7 Å². The Morgan fingerprint density at radius 3 is 2.88 bits per heavy atom. The van der Waals surface area contributed by atoms with Crippen molar-refractivity contribution in [3.05, 3.63) is 53.7 Å². The van der Waals surface area contributed by atoms with E-state index in [0.717, 1.165) is 22.2 Å². The van der Waals surface area contributed by atoms with E-state index in [1.54, 1.807) is 18.5 Å². The van der Waals surface area contributed by atoms with Gasteiger partial charge in [0.15, 0.2) is 0 Å². The lowest BCUT2D eigenvalue weighted by Crippen LogP contribution is -1.79. The second-order valence-corrected chi connectivity index (χ2v) is 3.74. The number of hydrogen-bond donors (Lipinski definition) is 1. The Labute approximate surface area is 97.3 Å². The number of aromatic amines is 1. The van der Waals surface area contributed by atoms with Gasteiger partial charge in [0.25, 0.3) is 0 Å². The molecule has 0 saturated carbocycles. The standard InChI is InChI=1S/C13H9N3O/c17-16-11-4-2-1-3-10(11)9-5-6-12-13(7-9)15-8-14-12/h1-8H,(H,14,15). The first-order valence-electron chi connectivity index (χ1n) is 5.24. The summed E-state index contributed by atoms with van der Waals surface area (Å²) in [7, 11) is 0. The molecule has 0 unspecified atom stereocenters. The van der Waals surface area contributed by atoms with Crippen LogP contribution in [0, 0.1) is 4.91 Å². The first-order chi connectivity index (χ1) is 8.38. The molecule has 0 spiro atoms. The molecule has 1 heterocycles. The summed E-state index contributed by atoms with van der Waals surface area (Å²) in [6, 6.07) is 13.1. The Kier molecular flexibility index (Phi) is 2.19. The molecule has 0 fully saturated rings. The highest BCUT2D eigenvalue weighted by molar-refractivity contribution is 5.84. The molecule has 0 amide bonds. The SMILES string of the molecule is O=Nc1ccccc1-c1ccc2nc[nH]c2c1. The molecule has 3 rings (SSSR count). The van der Waals surface area contributed by atoms with E-state index in [0.29, 0.717) is 5.69 Å². The summed E-state index contributed by atoms with van der Waals surface area (Å²) in [5.74, 6) is 0. The summed E-state index contributed by atoms with van der Waals surface area (Å²) >= 11 is 0. The van der Waals surface area contributed by atoms with Gasteiger partial charge in [0.1, 0.15) is 5.69 Å². The third kappa shape index (κ3) is 1.59. The molecular weight excluding hydrogens is 214 g/mol. The van der Waals surface area contributed by atoms with Crippen LogP contribution in [-0.2, 0) is 0 Å². The van der Waals surface area contributed by atoms with E-state index >= 15 is 0 Å². The molecular formula is C13H9N3O. The Morgan fingerprint density at radius 2 is 2.00 bits per heavy atom. The van der Waals surface area contributed by atoms with Crippen LogP contribution in [0.25, 0.3) is 22.2 Å². The molecule has 0 aliphatic rings. The zero-order valence-electron chi connectivity index (χ0n) is 8.92. The molecule has 0 bridgehead atoms. The minimum Gasteiger partial charge on any atom is -0.345 e. The number of imidazole rings is 1. The van der Waals surface area contributed by atoms with Crippen LogP contribution in [0.1, 0.15) is 0 Å². The van der Waals surface area contributed by atoms with E-state index in [1.807, 2.05) is 30.3 Å². The first kappa shape index (κ1) is 9.72. The number of fused-ring (bicyclic) bond motifs is 1. The molecule has 2 aromatic carbocycles. The number of H-pyrrole nitrogens is 1. The lowest BCUT2D eigenvalue weighted by Gasteiger charge is -2.03. The summed E-state index contributed by atoms with van der Waals surface area (Å²) in [6.45, 7) is 0. The monoisotopic (exact) mass is 223 g/mol. The molecule has 4 heteroatoms. The number of nitroso groups, excluding NO2 is 1. The maximum atomic E-state index is 10.7. The smallest absolute Gasteiger partial charge is 0.115 e. The molecule has 0 radical (unpaired) electrons. The molecule has 3 aromatic rings. The second-order valence-electron chi connectivity index (χ2n) is 3.74. The number of nitrogens with zero attached hydrogens (tertiary/aromatic N) is 2. The largest absolute Gasteiger partial charge is 0.345 e. The highest BCUT2D eigenvalue weighted by atomic mass is 16.3. The number of nitrogens with one attached hydrogen (secondary N) is 1. The molecule has 1 aromatic heterocycles. The maximum Gasteiger partial charge on any atom is 0.115 e. The molecule has 1 N–H and O–H groups in total. The minimum absolute atomic E-state index is 0.450. The van der Waals surface area contributed by atoms with Gasteiger partial charge in [0.05, 0.1) is 17.4 Å². The van der Waals surface area contributed by atoms with E-state index in [9.17, 15) is 4.91 Å². The van der Waals surface area contributed by atoms with Crippen LogP contribution in [0.2, 0.25) is 0 Å². The van der Waals surface area contributed by atoms with Crippen molar-refractivity contribution in [1.29, 1.82) is 0 Å². The van der Waals surface area contributed by atoms with Gasteiger partial charge in [-0.1, -0.05) is 24.3 Å². The minimum atomic E-state index is 0.450. The van der Waals surface area contributed by atoms with Crippen molar-refractivity contribution in [2.75, 3.05) is 0 Å². The van der Waals surface area contributed by atoms with Crippen LogP contribution in [0.15, 0.2) is 54.0 Å². The number of benzene rings is 2. The maximum absolute atomic E-state index is 10.7. The Balaban J connectivity index is 2.22. The van der Waals surface area contributed by atoms with Crippen LogP contribution in [0.3, 0.4) is 0 Å². The lowest BCUT2D eigenvalue weighted by atomic mass is 10.0. The number of aromatic nitrogens is 2. The van der Waals surface area contributed by atoms with E-state index in [1.165, 1.54) is 0 Å². The normalized spacial score (nSPS) is 10.6. The van der Waals surface area contributed by atoms with Crippen LogP contribution < -0.4 is 0 Å². The molecule has 17 heavy (non-hydrogen) atoms. The van der Waals surface area contributed by atoms with Crippen molar-refractivity contribution in [1.82, 2.24) is 9.97 Å². The molecule has 0 aliphatic carbocycles. The van der Waals surface area contributed by atoms with Gasteiger partial charge >= 0.3 is 0 Å². The van der Waals surface area contributed by atoms with E-state index in [2.05, 4.69) is 15.1 Å². The molecule has 82 valence electrons. The molecule has 0 atom stereocenters. The van der Waals surface area contributed by atoms with Gasteiger partial charge in [0.2, 0.25) is 0 Å². The quantitative estimate of drug-likeness (QED) is 0.674. The number of hydrogen-bond acceptors (Lipinski definition) is 3. The van der Waals surface area contributed by atoms with Gasteiger partial charge in [0, 0.05) is 5.56 Å². The summed E-state index contributed by atoms with van der Waals surface area (Å²) in [5, 5.41) is 3.04. The van der Waals surface area contributed by atoms with Crippen LogP contribution in [0.4, 0.5) is 5.69 Å². The Bertz CT molecular complexity index is 688. The van der Waals surface area contributed by atoms with Crippen molar-refractivity contribution < 1.29 is 0 Å². The Hall–Kier alpha value is -2.49. The van der Waals surface area contributed by atoms with E-state index in [4.69, 9.17) is 0 Å². The zero-order valence-corrected chi connectivity index (χ0v) is 8.92. The molecule has 4 nitrogen and oxygen atoms in total. The van der Waals surface area contributed by atoms with E-state index in [-0.39, 0.29) is 0 Å². The fourth-order valence-corrected chi connectivity index (χ4v) is 1.90. The topological polar surface area (TPSA) is 58.1 Å². The molecule has 0 saturated heterocycles. The fraction of sp³-hybridized carbons (Fsp3) is 0. The predicted octanol–water partition coefficient (Wildman–Crippen LogP) is 3.63. The van der Waals surface area contributed by atoms with Gasteiger partial charge in [-0.15, -0.1) is 4.91 Å². The average Bonchev–Trinajstić information content (AvgIpc) is 2.85. The van der Waals surface area contributed by atoms with Crippen LogP contribution in [0.5, 0.6) is 0 Å². The third-order valence-electron chi connectivity index (χ3n) is 2.73. The Morgan fingerprint density at radius 1 is 1.12 bits per heavy atom. The summed E-state index contributed by atoms with van der Waals surface area (Å²) in [6.07, 6.45) is 1.65. The van der Waals surface area contributed by atoms with Crippen LogP contribution in [-0.4, -0.2) is 9.97 Å². The molecule has 0 aliphatic heterocycles. The lowest BCUT2D eigenvalue weighted by molar-refractivity contribution is 1.34. The van der Waals surface area contributed by atoms with Gasteiger partial charge in [-0.05, 0) is 28.9 Å². The average molecular weight is 223 g/mol.